The van der Waals surface area contributed by atoms with Gasteiger partial charge in [-0.3, -0.25) is 14.9 Å². The number of hydrogen-bond donors (Lipinski definition) is 1. The highest BCUT2D eigenvalue weighted by Gasteiger charge is 2.22. The summed E-state index contributed by atoms with van der Waals surface area (Å²) in [4.78, 5) is 22.8. The number of ether oxygens (including phenoxy) is 2. The molecule has 7 nitrogen and oxygen atoms in total. The normalized spacial score (nSPS) is 14.0. The zero-order chi connectivity index (χ0) is 18.7. The molecular weight excluding hydrogens is 336 g/mol. The summed E-state index contributed by atoms with van der Waals surface area (Å²) in [5, 5.41) is 13.7. The number of benzene rings is 2. The van der Waals surface area contributed by atoms with E-state index in [1.807, 2.05) is 32.0 Å². The van der Waals surface area contributed by atoms with Crippen LogP contribution in [0.2, 0.25) is 0 Å². The van der Waals surface area contributed by atoms with Crippen LogP contribution in [0.25, 0.3) is 0 Å². The van der Waals surface area contributed by atoms with E-state index in [-0.39, 0.29) is 23.6 Å². The molecule has 2 aromatic rings. The summed E-state index contributed by atoms with van der Waals surface area (Å²) in [6, 6.07) is 11.0. The van der Waals surface area contributed by atoms with Crippen molar-refractivity contribution in [2.45, 2.75) is 19.9 Å². The molecule has 0 saturated heterocycles. The maximum absolute atomic E-state index is 12.6. The lowest BCUT2D eigenvalue weighted by atomic mass is 9.95. The second-order valence-electron chi connectivity index (χ2n) is 6.40. The van der Waals surface area contributed by atoms with Crippen LogP contribution in [0.5, 0.6) is 11.5 Å². The monoisotopic (exact) mass is 356 g/mol. The van der Waals surface area contributed by atoms with Gasteiger partial charge in [-0.25, -0.2) is 0 Å². The second-order valence-corrected chi connectivity index (χ2v) is 6.40. The lowest BCUT2D eigenvalue weighted by Crippen LogP contribution is -2.31. The fourth-order valence-electron chi connectivity index (χ4n) is 2.85. The summed E-state index contributed by atoms with van der Waals surface area (Å²) in [5.41, 5.74) is 1.24. The minimum atomic E-state index is -0.492. The lowest BCUT2D eigenvalue weighted by molar-refractivity contribution is -0.384. The number of nitro groups is 1. The highest BCUT2D eigenvalue weighted by atomic mass is 16.6. The van der Waals surface area contributed by atoms with Gasteiger partial charge in [0.2, 0.25) is 0 Å². The van der Waals surface area contributed by atoms with E-state index >= 15 is 0 Å². The van der Waals surface area contributed by atoms with Gasteiger partial charge in [-0.1, -0.05) is 19.9 Å². The molecule has 0 unspecified atom stereocenters. The fraction of sp³-hybridized carbons (Fsp3) is 0.316. The molecule has 1 aliphatic rings. The van der Waals surface area contributed by atoms with Crippen LogP contribution in [0.3, 0.4) is 0 Å². The Balaban J connectivity index is 1.80. The molecule has 1 N–H and O–H groups in total. The molecule has 1 heterocycles. The summed E-state index contributed by atoms with van der Waals surface area (Å²) in [5.74, 6) is 1.22. The van der Waals surface area contributed by atoms with Crippen LogP contribution in [0.1, 0.15) is 35.8 Å². The van der Waals surface area contributed by atoms with Crippen molar-refractivity contribution in [2.24, 2.45) is 5.92 Å². The van der Waals surface area contributed by atoms with Crippen molar-refractivity contribution >= 4 is 11.6 Å². The van der Waals surface area contributed by atoms with Crippen molar-refractivity contribution in [2.75, 3.05) is 13.2 Å². The van der Waals surface area contributed by atoms with Gasteiger partial charge in [-0.05, 0) is 35.7 Å². The van der Waals surface area contributed by atoms with E-state index < -0.39 is 4.92 Å². The maximum Gasteiger partial charge on any atom is 0.269 e. The predicted octanol–water partition coefficient (Wildman–Crippen LogP) is 3.49. The van der Waals surface area contributed by atoms with E-state index in [1.54, 1.807) is 0 Å². The van der Waals surface area contributed by atoms with Gasteiger partial charge in [-0.2, -0.15) is 0 Å². The molecule has 0 bridgehead atoms. The first-order chi connectivity index (χ1) is 12.5. The molecule has 2 aromatic carbocycles. The van der Waals surface area contributed by atoms with E-state index in [4.69, 9.17) is 9.47 Å². The number of hydrogen-bond acceptors (Lipinski definition) is 5. The van der Waals surface area contributed by atoms with Gasteiger partial charge in [0.15, 0.2) is 11.5 Å². The summed E-state index contributed by atoms with van der Waals surface area (Å²) in [6.45, 7) is 5.05. The van der Waals surface area contributed by atoms with Crippen molar-refractivity contribution in [3.63, 3.8) is 0 Å². The van der Waals surface area contributed by atoms with Crippen LogP contribution in [-0.2, 0) is 0 Å². The number of carbonyl (C=O) groups excluding carboxylic acids is 1. The Morgan fingerprint density at radius 2 is 1.73 bits per heavy atom. The SMILES string of the molecule is CC(C)[C@H](NC(=O)c1ccc([N+](=O)[O-])cc1)c1ccc2c(c1)OCCO2. The summed E-state index contributed by atoms with van der Waals surface area (Å²) >= 11 is 0. The van der Waals surface area contributed by atoms with Gasteiger partial charge in [0.1, 0.15) is 13.2 Å². The number of fused-ring (bicyclic) bond motifs is 1. The molecule has 0 radical (unpaired) electrons. The van der Waals surface area contributed by atoms with E-state index in [2.05, 4.69) is 5.32 Å². The maximum atomic E-state index is 12.6. The van der Waals surface area contributed by atoms with E-state index in [0.717, 1.165) is 5.56 Å². The summed E-state index contributed by atoms with van der Waals surface area (Å²) < 4.78 is 11.1. The zero-order valence-electron chi connectivity index (χ0n) is 14.6. The summed E-state index contributed by atoms with van der Waals surface area (Å²) in [6.07, 6.45) is 0. The standard InChI is InChI=1S/C19H20N2O5/c1-12(2)18(14-5-8-16-17(11-14)26-10-9-25-16)20-19(22)13-3-6-15(7-4-13)21(23)24/h3-8,11-12,18H,9-10H2,1-2H3,(H,20,22)/t18-/m0/s1. The Hall–Kier alpha value is -3.09. The molecule has 1 amide bonds. The van der Waals surface area contributed by atoms with Crippen LogP contribution in [0.4, 0.5) is 5.69 Å². The lowest BCUT2D eigenvalue weighted by Gasteiger charge is -2.25. The number of rotatable bonds is 5. The van der Waals surface area contributed by atoms with E-state index in [0.29, 0.717) is 30.3 Å². The number of non-ortho nitro benzene ring substituents is 1. The average Bonchev–Trinajstić information content (AvgIpc) is 2.65. The van der Waals surface area contributed by atoms with Crippen molar-refractivity contribution in [1.29, 1.82) is 0 Å². The second kappa shape index (κ2) is 7.43. The molecular formula is C19H20N2O5. The molecule has 3 rings (SSSR count). The Bertz CT molecular complexity index is 817. The zero-order valence-corrected chi connectivity index (χ0v) is 14.6. The number of nitro benzene ring substituents is 1. The quantitative estimate of drug-likeness (QED) is 0.654. The van der Waals surface area contributed by atoms with Gasteiger partial charge in [0.05, 0.1) is 11.0 Å². The first kappa shape index (κ1) is 17.7. The summed E-state index contributed by atoms with van der Waals surface area (Å²) in [7, 11) is 0. The average molecular weight is 356 g/mol. The Morgan fingerprint density at radius 3 is 2.35 bits per heavy atom. The minimum Gasteiger partial charge on any atom is -0.486 e. The first-order valence-corrected chi connectivity index (χ1v) is 8.40. The van der Waals surface area contributed by atoms with Gasteiger partial charge in [0, 0.05) is 17.7 Å². The number of carbonyl (C=O) groups is 1. The molecule has 0 aromatic heterocycles. The van der Waals surface area contributed by atoms with Crippen LogP contribution in [0, 0.1) is 16.0 Å². The van der Waals surface area contributed by atoms with E-state index in [9.17, 15) is 14.9 Å². The minimum absolute atomic E-state index is 0.0474. The number of nitrogens with zero attached hydrogens (tertiary/aromatic N) is 1. The third-order valence-electron chi connectivity index (χ3n) is 4.22. The van der Waals surface area contributed by atoms with Crippen LogP contribution in [-0.4, -0.2) is 24.0 Å². The molecule has 1 atom stereocenters. The highest BCUT2D eigenvalue weighted by molar-refractivity contribution is 5.94. The molecule has 26 heavy (non-hydrogen) atoms. The first-order valence-electron chi connectivity index (χ1n) is 8.40. The van der Waals surface area contributed by atoms with Gasteiger partial charge >= 0.3 is 0 Å². The number of nitrogens with one attached hydrogen (secondary N) is 1. The number of amides is 1. The Kier molecular flexibility index (Phi) is 5.06. The fourth-order valence-corrected chi connectivity index (χ4v) is 2.85. The molecule has 7 heteroatoms. The van der Waals surface area contributed by atoms with Crippen molar-refractivity contribution in [3.8, 4) is 11.5 Å². The van der Waals surface area contributed by atoms with Crippen molar-refractivity contribution in [3.05, 3.63) is 63.7 Å². The Labute approximate surface area is 151 Å². The molecule has 0 spiro atoms. The Morgan fingerprint density at radius 1 is 1.08 bits per heavy atom. The van der Waals surface area contributed by atoms with Gasteiger partial charge in [0.25, 0.3) is 11.6 Å². The predicted molar refractivity (Wildman–Crippen MR) is 95.6 cm³/mol. The molecule has 0 aliphatic carbocycles. The molecule has 0 saturated carbocycles. The third kappa shape index (κ3) is 3.77. The third-order valence-corrected chi connectivity index (χ3v) is 4.22. The molecule has 136 valence electrons. The molecule has 1 aliphatic heterocycles. The van der Waals surface area contributed by atoms with Crippen LogP contribution in [0.15, 0.2) is 42.5 Å². The smallest absolute Gasteiger partial charge is 0.269 e. The van der Waals surface area contributed by atoms with Crippen LogP contribution >= 0.6 is 0 Å². The largest absolute Gasteiger partial charge is 0.486 e. The topological polar surface area (TPSA) is 90.7 Å². The molecule has 0 fully saturated rings. The van der Waals surface area contributed by atoms with Crippen molar-refractivity contribution < 1.29 is 19.2 Å². The highest BCUT2D eigenvalue weighted by Crippen LogP contribution is 2.34. The van der Waals surface area contributed by atoms with Crippen LogP contribution < -0.4 is 14.8 Å². The van der Waals surface area contributed by atoms with Gasteiger partial charge < -0.3 is 14.8 Å². The van der Waals surface area contributed by atoms with Gasteiger partial charge in [-0.15, -0.1) is 0 Å². The van der Waals surface area contributed by atoms with Crippen molar-refractivity contribution in [1.82, 2.24) is 5.32 Å². The van der Waals surface area contributed by atoms with E-state index in [1.165, 1.54) is 24.3 Å².